The van der Waals surface area contributed by atoms with Crippen LogP contribution in [0.4, 0.5) is 30.5 Å². The van der Waals surface area contributed by atoms with Gasteiger partial charge < -0.3 is 66.4 Å². The maximum atomic E-state index is 13.7. The van der Waals surface area contributed by atoms with Crippen molar-refractivity contribution in [1.82, 2.24) is 39.5 Å². The van der Waals surface area contributed by atoms with Gasteiger partial charge in [-0.25, -0.2) is 47.5 Å². The van der Waals surface area contributed by atoms with Crippen molar-refractivity contribution in [3.05, 3.63) is 167 Å². The number of halogens is 3. The molecule has 3 saturated heterocycles. The molecule has 3 aliphatic rings. The molecule has 0 saturated carbocycles. The van der Waals surface area contributed by atoms with Crippen LogP contribution in [0.1, 0.15) is 71.9 Å². The van der Waals surface area contributed by atoms with Crippen molar-refractivity contribution in [2.24, 2.45) is 4.99 Å². The molecule has 3 fully saturated rings. The molecule has 29 heteroatoms. The topological polar surface area (TPSA) is 259 Å². The van der Waals surface area contributed by atoms with Crippen LogP contribution in [0.5, 0.6) is 17.6 Å². The Balaban J connectivity index is 0.000000143. The van der Waals surface area contributed by atoms with Gasteiger partial charge in [0.1, 0.15) is 40.8 Å². The lowest BCUT2D eigenvalue weighted by molar-refractivity contribution is 0.0555. The molecule has 24 nitrogen and oxygen atoms in total. The number of methoxy groups -OCH3 is 7. The lowest BCUT2D eigenvalue weighted by atomic mass is 9.89. The van der Waals surface area contributed by atoms with Gasteiger partial charge in [0, 0.05) is 133 Å². The van der Waals surface area contributed by atoms with Crippen LogP contribution in [0.2, 0.25) is 0 Å². The number of esters is 3. The maximum absolute atomic E-state index is 13.7. The molecule has 0 amide bonds. The number of pyridine rings is 3. The minimum atomic E-state index is -0.597. The zero-order chi connectivity index (χ0) is 65.6. The molecule has 482 valence electrons. The van der Waals surface area contributed by atoms with Crippen LogP contribution in [0.15, 0.2) is 128 Å². The third-order valence-electron chi connectivity index (χ3n) is 15.6. The van der Waals surface area contributed by atoms with Crippen molar-refractivity contribution in [1.29, 1.82) is 0 Å². The number of benzene rings is 3. The summed E-state index contributed by atoms with van der Waals surface area (Å²) in [7, 11) is 10.1. The second-order valence-corrected chi connectivity index (χ2v) is 22.3. The SMILES string of the molecule is COC(=O)c1oc2cc(F)ccc2c1C1CN(C(=Nc2ccc(OC)nc2)SC)C1.COC(=O)c1oc2cc(F)ccc2c1C1CN(C(=S)Nc2ccc(OC)nc2)C1.COCc1nnc(N2CC(c3c(C(=O)OC)oc4cc(F)ccc34)C2)n1-c1ccc(OC)nc1. The molecule has 0 spiro atoms. The second-order valence-electron chi connectivity index (χ2n) is 21.2. The van der Waals surface area contributed by atoms with Crippen molar-refractivity contribution in [2.45, 2.75) is 24.4 Å². The van der Waals surface area contributed by atoms with Crippen molar-refractivity contribution >= 4 is 102 Å². The predicted molar refractivity (Wildman–Crippen MR) is 341 cm³/mol. The molecule has 0 radical (unpaired) electrons. The van der Waals surface area contributed by atoms with E-state index >= 15 is 0 Å². The minimum absolute atomic E-state index is 0.00422. The summed E-state index contributed by atoms with van der Waals surface area (Å²) in [4.78, 5) is 60.1. The Morgan fingerprint density at radius 3 is 1.44 bits per heavy atom. The first-order chi connectivity index (χ1) is 45.1. The average molecular weight is 1310 g/mol. The van der Waals surface area contributed by atoms with E-state index in [1.54, 1.807) is 83.4 Å². The number of thiocarbonyl (C=S) groups is 1. The van der Waals surface area contributed by atoms with Gasteiger partial charge in [0.25, 0.3) is 0 Å². The van der Waals surface area contributed by atoms with Gasteiger partial charge in [0.15, 0.2) is 16.1 Å². The zero-order valence-corrected chi connectivity index (χ0v) is 52.9. The smallest absolute Gasteiger partial charge is 0.374 e. The first-order valence-electron chi connectivity index (χ1n) is 28.6. The van der Waals surface area contributed by atoms with Gasteiger partial charge in [-0.1, -0.05) is 11.8 Å². The van der Waals surface area contributed by atoms with Gasteiger partial charge in [-0.3, -0.25) is 4.57 Å². The standard InChI is InChI=1S/C23H22FN5O5.C21H20FN3O4S.C20H18FN3O4S/c1-31-12-18-26-27-23(29(18)15-5-7-19(32-2)25-9-15)28-10-13(11-28)20-16-6-4-14(24)8-17(16)34-21(20)22(30)33-3;1-27-17-7-5-14(9-23-17)24-21(30-3)25-10-12(11-25)18-15-6-4-13(22)8-16(15)29-19(18)20(26)28-2;1-26-16-6-4-13(8-22-16)23-20(29)24-9-11(10-24)17-14-5-3-12(21)7-15(14)28-18(17)19(25)27-2/h4-9,13H,10-12H2,1-3H3;4-9,12H,10-11H2,1-3H3;3-8,11H,9-10H2,1-2H3,(H,23,29). The summed E-state index contributed by atoms with van der Waals surface area (Å²) >= 11 is 6.99. The lowest BCUT2D eigenvalue weighted by Crippen LogP contribution is -2.50. The van der Waals surface area contributed by atoms with E-state index in [-0.39, 0.29) is 41.6 Å². The highest BCUT2D eigenvalue weighted by Gasteiger charge is 2.40. The van der Waals surface area contributed by atoms with Crippen molar-refractivity contribution in [3.8, 4) is 23.3 Å². The summed E-state index contributed by atoms with van der Waals surface area (Å²) in [5.41, 5.74) is 5.38. The van der Waals surface area contributed by atoms with Crippen LogP contribution in [-0.4, -0.2) is 163 Å². The number of likely N-dealkylation sites (tertiary alicyclic amines) is 2. The van der Waals surface area contributed by atoms with Crippen molar-refractivity contribution in [3.63, 3.8) is 0 Å². The zero-order valence-electron chi connectivity index (χ0n) is 51.3. The van der Waals surface area contributed by atoms with Gasteiger partial charge in [-0.2, -0.15) is 0 Å². The van der Waals surface area contributed by atoms with Crippen LogP contribution in [0.25, 0.3) is 38.6 Å². The Labute approximate surface area is 538 Å². The molecule has 1 N–H and O–H groups in total. The number of hydrogen-bond acceptors (Lipinski definition) is 22. The highest BCUT2D eigenvalue weighted by atomic mass is 32.2. The largest absolute Gasteiger partial charge is 0.481 e. The van der Waals surface area contributed by atoms with Crippen molar-refractivity contribution < 1.29 is 74.0 Å². The number of anilines is 2. The molecule has 93 heavy (non-hydrogen) atoms. The number of nitrogens with one attached hydrogen (secondary N) is 1. The number of fused-ring (bicyclic) bond motifs is 3. The maximum Gasteiger partial charge on any atom is 0.374 e. The van der Waals surface area contributed by atoms with E-state index in [9.17, 15) is 27.6 Å². The second kappa shape index (κ2) is 28.1. The molecule has 0 atom stereocenters. The molecule has 0 unspecified atom stereocenters. The number of carbonyl (C=O) groups excluding carboxylic acids is 3. The van der Waals surface area contributed by atoms with Crippen LogP contribution in [-0.2, 0) is 25.6 Å². The summed E-state index contributed by atoms with van der Waals surface area (Å²) < 4.78 is 94.8. The van der Waals surface area contributed by atoms with Gasteiger partial charge in [0.05, 0.1) is 78.3 Å². The fourth-order valence-corrected chi connectivity index (χ4v) is 11.9. The molecule has 3 aliphatic heterocycles. The van der Waals surface area contributed by atoms with Crippen molar-refractivity contribution in [2.75, 3.05) is 106 Å². The predicted octanol–water partition coefficient (Wildman–Crippen LogP) is 10.9. The van der Waals surface area contributed by atoms with E-state index < -0.39 is 35.4 Å². The first-order valence-corrected chi connectivity index (χ1v) is 30.2. The molecular weight excluding hydrogens is 1250 g/mol. The summed E-state index contributed by atoms with van der Waals surface area (Å²) in [6.07, 6.45) is 6.92. The monoisotopic (exact) mass is 1310 g/mol. The summed E-state index contributed by atoms with van der Waals surface area (Å²) in [6, 6.07) is 23.6. The van der Waals surface area contributed by atoms with E-state index in [0.29, 0.717) is 107 Å². The number of aromatic nitrogens is 6. The van der Waals surface area contributed by atoms with Crippen LogP contribution < -0.4 is 24.4 Å². The number of aliphatic imine (C=N–C) groups is 1. The summed E-state index contributed by atoms with van der Waals surface area (Å²) in [6.45, 7) is 3.84. The molecule has 0 aliphatic carbocycles. The van der Waals surface area contributed by atoms with Crippen LogP contribution >= 0.6 is 24.0 Å². The fourth-order valence-electron chi connectivity index (χ4n) is 11.0. The van der Waals surface area contributed by atoms with E-state index in [1.165, 1.54) is 69.5 Å². The summed E-state index contributed by atoms with van der Waals surface area (Å²) in [5, 5.41) is 15.3. The normalized spacial score (nSPS) is 14.1. The fraction of sp³-hybridized carbons (Fsp3) is 0.281. The number of nitrogens with zero attached hydrogens (tertiary/aromatic N) is 10. The quantitative estimate of drug-likeness (QED) is 0.0329. The number of amidine groups is 1. The molecule has 7 aromatic heterocycles. The summed E-state index contributed by atoms with van der Waals surface area (Å²) in [5.74, 6) is 0.0698. The minimum Gasteiger partial charge on any atom is -0.481 e. The number of rotatable bonds is 15. The Kier molecular flexibility index (Phi) is 19.4. The Bertz CT molecular complexity index is 4410. The third kappa shape index (κ3) is 13.4. The van der Waals surface area contributed by atoms with Gasteiger partial charge in [-0.15, -0.1) is 10.2 Å². The third-order valence-corrected chi connectivity index (χ3v) is 16.7. The molecular formula is C64H60F3N11O13S2. The number of furan rings is 3. The Morgan fingerprint density at radius 2 is 1.03 bits per heavy atom. The number of thioether (sulfide) groups is 1. The van der Waals surface area contributed by atoms with Gasteiger partial charge in [-0.05, 0) is 73.1 Å². The van der Waals surface area contributed by atoms with Crippen LogP contribution in [0, 0.1) is 17.5 Å². The number of ether oxygens (including phenoxy) is 7. The Morgan fingerprint density at radius 1 is 0.581 bits per heavy atom. The first kappa shape index (κ1) is 64.3. The van der Waals surface area contributed by atoms with Crippen LogP contribution in [0.3, 0.4) is 0 Å². The van der Waals surface area contributed by atoms with Gasteiger partial charge >= 0.3 is 17.9 Å². The number of carbonyl (C=O) groups is 3. The molecule has 10 aromatic rings. The van der Waals surface area contributed by atoms with Gasteiger partial charge in [0.2, 0.25) is 40.9 Å². The van der Waals surface area contributed by atoms with E-state index in [4.69, 9.17) is 58.6 Å². The molecule has 0 bridgehead atoms. The molecule has 10 heterocycles. The van der Waals surface area contributed by atoms with E-state index in [1.807, 2.05) is 38.8 Å². The number of hydrogen-bond donors (Lipinski definition) is 1. The van der Waals surface area contributed by atoms with E-state index in [2.05, 4.69) is 40.4 Å². The highest BCUT2D eigenvalue weighted by Crippen LogP contribution is 2.42. The lowest BCUT2D eigenvalue weighted by Gasteiger charge is -2.41. The molecule has 13 rings (SSSR count). The van der Waals surface area contributed by atoms with E-state index in [0.717, 1.165) is 38.7 Å². The molecule has 3 aromatic carbocycles. The Hall–Kier alpha value is -10.3. The highest BCUT2D eigenvalue weighted by molar-refractivity contribution is 8.13. The average Bonchev–Trinajstić information content (AvgIpc) is 1.53.